The van der Waals surface area contributed by atoms with Crippen molar-refractivity contribution in [2.45, 2.75) is 90.3 Å². The van der Waals surface area contributed by atoms with Gasteiger partial charge in [-0.2, -0.15) is 0 Å². The summed E-state index contributed by atoms with van der Waals surface area (Å²) >= 11 is 0. The molecule has 1 rings (SSSR count). The number of ether oxygens (including phenoxy) is 2. The Bertz CT molecular complexity index is 251. The molecule has 0 aromatic heterocycles. The minimum atomic E-state index is -0.493. The van der Waals surface area contributed by atoms with Gasteiger partial charge in [-0.25, -0.2) is 4.79 Å². The number of hydrogen-bond donors (Lipinski definition) is 0. The number of carbonyl (C=O) groups is 1. The molecule has 0 unspecified atom stereocenters. The van der Waals surface area contributed by atoms with E-state index < -0.39 is 17.4 Å². The number of cyclic esters (lactones) is 2. The second-order valence-corrected chi connectivity index (χ2v) is 5.83. The summed E-state index contributed by atoms with van der Waals surface area (Å²) < 4.78 is 11.0. The van der Waals surface area contributed by atoms with Crippen LogP contribution in [-0.2, 0) is 9.47 Å². The van der Waals surface area contributed by atoms with Crippen molar-refractivity contribution in [2.24, 2.45) is 0 Å². The fraction of sp³-hybridized carbons (Fsp3) is 0.933. The quantitative estimate of drug-likeness (QED) is 0.461. The Morgan fingerprint density at radius 1 is 0.833 bits per heavy atom. The predicted molar refractivity (Wildman–Crippen MR) is 72.7 cm³/mol. The van der Waals surface area contributed by atoms with E-state index in [1.54, 1.807) is 0 Å². The maximum absolute atomic E-state index is 11.5. The summed E-state index contributed by atoms with van der Waals surface area (Å²) in [6.45, 7) is 8.42. The summed E-state index contributed by atoms with van der Waals surface area (Å²) in [5.41, 5.74) is -0.903. The summed E-state index contributed by atoms with van der Waals surface area (Å²) in [6.07, 6.45) is 8.20. The van der Waals surface area contributed by atoms with Crippen molar-refractivity contribution in [3.05, 3.63) is 0 Å². The first-order chi connectivity index (χ1) is 8.47. The van der Waals surface area contributed by atoms with Gasteiger partial charge in [0, 0.05) is 0 Å². The average molecular weight is 256 g/mol. The SMILES string of the molecule is CCCCC[C@@]1(C)OC(=O)O[C@]1(C)CCCCC. The van der Waals surface area contributed by atoms with E-state index in [1.807, 2.05) is 13.8 Å². The number of rotatable bonds is 8. The predicted octanol–water partition coefficient (Wildman–Crippen LogP) is 4.83. The van der Waals surface area contributed by atoms with Crippen LogP contribution in [0.4, 0.5) is 4.79 Å². The Hall–Kier alpha value is -0.730. The van der Waals surface area contributed by atoms with Gasteiger partial charge >= 0.3 is 6.16 Å². The molecule has 1 aliphatic rings. The Kier molecular flexibility index (Phi) is 5.48. The zero-order valence-corrected chi connectivity index (χ0v) is 12.4. The van der Waals surface area contributed by atoms with Crippen LogP contribution in [0.5, 0.6) is 0 Å². The zero-order chi connectivity index (χ0) is 13.6. The van der Waals surface area contributed by atoms with Crippen LogP contribution in [-0.4, -0.2) is 17.4 Å². The van der Waals surface area contributed by atoms with E-state index in [0.29, 0.717) is 0 Å². The molecule has 0 amide bonds. The van der Waals surface area contributed by atoms with Crippen molar-refractivity contribution < 1.29 is 14.3 Å². The summed E-state index contributed by atoms with van der Waals surface area (Å²) in [4.78, 5) is 11.5. The average Bonchev–Trinajstić information content (AvgIpc) is 2.50. The first-order valence-corrected chi connectivity index (χ1v) is 7.39. The molecule has 0 aromatic rings. The Morgan fingerprint density at radius 2 is 1.22 bits per heavy atom. The summed E-state index contributed by atoms with van der Waals surface area (Å²) in [5.74, 6) is 0. The molecule has 0 bridgehead atoms. The highest BCUT2D eigenvalue weighted by molar-refractivity contribution is 5.64. The molecule has 18 heavy (non-hydrogen) atoms. The molecule has 0 aliphatic carbocycles. The maximum Gasteiger partial charge on any atom is 0.509 e. The fourth-order valence-electron chi connectivity index (χ4n) is 2.66. The third-order valence-electron chi connectivity index (χ3n) is 4.25. The van der Waals surface area contributed by atoms with E-state index in [-0.39, 0.29) is 0 Å². The Balaban J connectivity index is 2.63. The third-order valence-corrected chi connectivity index (χ3v) is 4.25. The lowest BCUT2D eigenvalue weighted by atomic mass is 9.78. The zero-order valence-electron chi connectivity index (χ0n) is 12.4. The number of unbranched alkanes of at least 4 members (excludes halogenated alkanes) is 4. The molecule has 0 saturated carbocycles. The van der Waals surface area contributed by atoms with Crippen LogP contribution in [0.1, 0.15) is 79.1 Å². The Morgan fingerprint density at radius 3 is 1.56 bits per heavy atom. The van der Waals surface area contributed by atoms with Gasteiger partial charge in [-0.1, -0.05) is 39.5 Å². The lowest BCUT2D eigenvalue weighted by Gasteiger charge is -2.36. The van der Waals surface area contributed by atoms with Crippen LogP contribution >= 0.6 is 0 Å². The standard InChI is InChI=1S/C15H28O3/c1-5-7-9-11-14(3)15(4,12-10-8-6-2)18-13(16)17-14/h5-12H2,1-4H3/t14-,15-/m1/s1. The van der Waals surface area contributed by atoms with E-state index in [0.717, 1.165) is 25.7 Å². The van der Waals surface area contributed by atoms with Gasteiger partial charge in [-0.3, -0.25) is 0 Å². The smallest absolute Gasteiger partial charge is 0.424 e. The van der Waals surface area contributed by atoms with Gasteiger partial charge < -0.3 is 9.47 Å². The van der Waals surface area contributed by atoms with Gasteiger partial charge in [0.05, 0.1) is 0 Å². The van der Waals surface area contributed by atoms with Crippen LogP contribution in [0.15, 0.2) is 0 Å². The molecule has 1 heterocycles. The van der Waals surface area contributed by atoms with Crippen LogP contribution in [0.3, 0.4) is 0 Å². The lowest BCUT2D eigenvalue weighted by molar-refractivity contribution is -0.0375. The minimum absolute atomic E-state index is 0.451. The molecule has 3 heteroatoms. The molecular formula is C15H28O3. The second kappa shape index (κ2) is 6.44. The van der Waals surface area contributed by atoms with Crippen LogP contribution in [0.2, 0.25) is 0 Å². The van der Waals surface area contributed by atoms with Gasteiger partial charge in [0.2, 0.25) is 0 Å². The summed E-state index contributed by atoms with van der Waals surface area (Å²) in [7, 11) is 0. The third kappa shape index (κ3) is 3.39. The van der Waals surface area contributed by atoms with Crippen molar-refractivity contribution in [3.63, 3.8) is 0 Å². The van der Waals surface area contributed by atoms with Crippen molar-refractivity contribution in [3.8, 4) is 0 Å². The highest BCUT2D eigenvalue weighted by Gasteiger charge is 2.56. The van der Waals surface area contributed by atoms with Gasteiger partial charge in [-0.05, 0) is 39.5 Å². The van der Waals surface area contributed by atoms with E-state index in [4.69, 9.17) is 9.47 Å². The van der Waals surface area contributed by atoms with E-state index in [2.05, 4.69) is 13.8 Å². The highest BCUT2D eigenvalue weighted by atomic mass is 16.8. The van der Waals surface area contributed by atoms with Crippen LogP contribution in [0.25, 0.3) is 0 Å². The Labute approximate surface area is 111 Å². The van der Waals surface area contributed by atoms with E-state index >= 15 is 0 Å². The molecule has 2 atom stereocenters. The molecular weight excluding hydrogens is 228 g/mol. The topological polar surface area (TPSA) is 35.5 Å². The molecule has 0 aromatic carbocycles. The molecule has 106 valence electrons. The van der Waals surface area contributed by atoms with Crippen molar-refractivity contribution in [1.29, 1.82) is 0 Å². The molecule has 0 spiro atoms. The molecule has 0 radical (unpaired) electrons. The van der Waals surface area contributed by atoms with Crippen LogP contribution < -0.4 is 0 Å². The summed E-state index contributed by atoms with van der Waals surface area (Å²) in [6, 6.07) is 0. The monoisotopic (exact) mass is 256 g/mol. The lowest BCUT2D eigenvalue weighted by Crippen LogP contribution is -2.47. The van der Waals surface area contributed by atoms with Gasteiger partial charge in [0.1, 0.15) is 0 Å². The fourth-order valence-corrected chi connectivity index (χ4v) is 2.66. The van der Waals surface area contributed by atoms with Gasteiger partial charge in [0.25, 0.3) is 0 Å². The maximum atomic E-state index is 11.5. The van der Waals surface area contributed by atoms with Crippen LogP contribution in [0, 0.1) is 0 Å². The first kappa shape index (κ1) is 15.3. The number of carbonyl (C=O) groups excluding carboxylic acids is 1. The van der Waals surface area contributed by atoms with Gasteiger partial charge in [0.15, 0.2) is 11.2 Å². The van der Waals surface area contributed by atoms with Crippen molar-refractivity contribution in [1.82, 2.24) is 0 Å². The van der Waals surface area contributed by atoms with Crippen molar-refractivity contribution in [2.75, 3.05) is 0 Å². The summed E-state index contributed by atoms with van der Waals surface area (Å²) in [5, 5.41) is 0. The molecule has 1 saturated heterocycles. The molecule has 1 fully saturated rings. The number of hydrogen-bond acceptors (Lipinski definition) is 3. The molecule has 3 nitrogen and oxygen atoms in total. The molecule has 1 aliphatic heterocycles. The van der Waals surface area contributed by atoms with E-state index in [9.17, 15) is 4.79 Å². The van der Waals surface area contributed by atoms with Crippen molar-refractivity contribution >= 4 is 6.16 Å². The normalized spacial score (nSPS) is 31.2. The highest BCUT2D eigenvalue weighted by Crippen LogP contribution is 2.43. The molecule has 0 N–H and O–H groups in total. The first-order valence-electron chi connectivity index (χ1n) is 7.39. The second-order valence-electron chi connectivity index (χ2n) is 5.83. The minimum Gasteiger partial charge on any atom is -0.424 e. The van der Waals surface area contributed by atoms with Gasteiger partial charge in [-0.15, -0.1) is 0 Å². The van der Waals surface area contributed by atoms with E-state index in [1.165, 1.54) is 25.7 Å². The largest absolute Gasteiger partial charge is 0.509 e.